The second-order valence-corrected chi connectivity index (χ2v) is 7.37. The van der Waals surface area contributed by atoms with Crippen LogP contribution in [0.4, 0.5) is 5.82 Å². The second-order valence-electron chi connectivity index (χ2n) is 5.69. The molecule has 1 N–H and O–H groups in total. The monoisotopic (exact) mass is 297 g/mol. The van der Waals surface area contributed by atoms with E-state index in [2.05, 4.69) is 14.9 Å². The van der Waals surface area contributed by atoms with Crippen LogP contribution in [0.15, 0.2) is 23.4 Å². The van der Waals surface area contributed by atoms with Crippen molar-refractivity contribution in [2.75, 3.05) is 4.72 Å². The molecule has 0 aliphatic rings. The molecular weight excluding hydrogens is 278 g/mol. The predicted octanol–water partition coefficient (Wildman–Crippen LogP) is 1.48. The van der Waals surface area contributed by atoms with Gasteiger partial charge in [-0.1, -0.05) is 0 Å². The molecule has 110 valence electrons. The Morgan fingerprint density at radius 1 is 1.30 bits per heavy atom. The molecule has 0 fully saturated rings. The third-order valence-electron chi connectivity index (χ3n) is 2.80. The van der Waals surface area contributed by atoms with Crippen LogP contribution in [0.5, 0.6) is 0 Å². The molecule has 0 saturated heterocycles. The van der Waals surface area contributed by atoms with E-state index in [1.165, 1.54) is 17.1 Å². The molecule has 2 heterocycles. The van der Waals surface area contributed by atoms with Crippen LogP contribution in [0, 0.1) is 6.92 Å². The number of hydrogen-bond acceptors (Lipinski definition) is 4. The average Bonchev–Trinajstić information content (AvgIpc) is 2.85. The van der Waals surface area contributed by atoms with E-state index in [1.54, 1.807) is 24.7 Å². The molecule has 2 aromatic heterocycles. The Labute approximate surface area is 118 Å². The Hall–Kier alpha value is -1.83. The molecule has 20 heavy (non-hydrogen) atoms. The van der Waals surface area contributed by atoms with Gasteiger partial charge >= 0.3 is 0 Å². The number of rotatable bonds is 3. The fourth-order valence-corrected chi connectivity index (χ4v) is 2.72. The third-order valence-corrected chi connectivity index (χ3v) is 4.11. The van der Waals surface area contributed by atoms with Gasteiger partial charge in [0.1, 0.15) is 10.7 Å². The Morgan fingerprint density at radius 2 is 1.95 bits per heavy atom. The Morgan fingerprint density at radius 3 is 2.40 bits per heavy atom. The van der Waals surface area contributed by atoms with Crippen LogP contribution in [-0.4, -0.2) is 28.0 Å². The molecule has 0 aliphatic heterocycles. The van der Waals surface area contributed by atoms with Gasteiger partial charge in [0.15, 0.2) is 0 Å². The van der Waals surface area contributed by atoms with Gasteiger partial charge in [0.25, 0.3) is 10.0 Å². The summed E-state index contributed by atoms with van der Waals surface area (Å²) in [5, 5.41) is 8.20. The van der Waals surface area contributed by atoms with Crippen LogP contribution in [0.2, 0.25) is 0 Å². The van der Waals surface area contributed by atoms with E-state index in [-0.39, 0.29) is 10.4 Å². The number of hydrogen-bond donors (Lipinski definition) is 1. The highest BCUT2D eigenvalue weighted by molar-refractivity contribution is 7.92. The maximum Gasteiger partial charge on any atom is 0.266 e. The summed E-state index contributed by atoms with van der Waals surface area (Å²) in [7, 11) is -1.97. The van der Waals surface area contributed by atoms with Gasteiger partial charge < -0.3 is 0 Å². The normalized spacial score (nSPS) is 12.7. The lowest BCUT2D eigenvalue weighted by atomic mass is 10.1. The number of anilines is 1. The summed E-state index contributed by atoms with van der Waals surface area (Å²) in [5.74, 6) is 0.422. The first-order valence-corrected chi connectivity index (χ1v) is 7.66. The Kier molecular flexibility index (Phi) is 3.37. The average molecular weight is 297 g/mol. The van der Waals surface area contributed by atoms with E-state index >= 15 is 0 Å². The molecule has 2 rings (SSSR count). The highest BCUT2D eigenvalue weighted by Crippen LogP contribution is 2.19. The molecule has 7 nitrogen and oxygen atoms in total. The van der Waals surface area contributed by atoms with Gasteiger partial charge in [-0.25, -0.2) is 8.42 Å². The standard InChI is InChI=1S/C12H19N5O2S/c1-9-6-11(16(5)14-9)15-20(18,19)10-7-13-17(8-10)12(2,3)4/h6-8,15H,1-5H3. The third kappa shape index (κ3) is 2.84. The van der Waals surface area contributed by atoms with Gasteiger partial charge in [-0.3, -0.25) is 14.1 Å². The van der Waals surface area contributed by atoms with Crippen molar-refractivity contribution < 1.29 is 8.42 Å². The number of nitrogens with zero attached hydrogens (tertiary/aromatic N) is 4. The molecular formula is C12H19N5O2S. The van der Waals surface area contributed by atoms with Crippen LogP contribution >= 0.6 is 0 Å². The SMILES string of the molecule is Cc1cc(NS(=O)(=O)c2cnn(C(C)(C)C)c2)n(C)n1. The van der Waals surface area contributed by atoms with Crippen molar-refractivity contribution in [2.24, 2.45) is 7.05 Å². The van der Waals surface area contributed by atoms with E-state index in [4.69, 9.17) is 0 Å². The Balaban J connectivity index is 2.31. The maximum atomic E-state index is 12.3. The molecule has 0 bridgehead atoms. The second kappa shape index (κ2) is 4.62. The molecule has 0 amide bonds. The van der Waals surface area contributed by atoms with Crippen LogP contribution in [0.25, 0.3) is 0 Å². The minimum atomic E-state index is -3.66. The highest BCUT2D eigenvalue weighted by Gasteiger charge is 2.22. The molecule has 0 atom stereocenters. The van der Waals surface area contributed by atoms with Crippen molar-refractivity contribution in [1.29, 1.82) is 0 Å². The fourth-order valence-electron chi connectivity index (χ4n) is 1.71. The zero-order valence-electron chi connectivity index (χ0n) is 12.2. The van der Waals surface area contributed by atoms with E-state index < -0.39 is 10.0 Å². The summed E-state index contributed by atoms with van der Waals surface area (Å²) in [5.41, 5.74) is 0.479. The number of aryl methyl sites for hydroxylation is 2. The van der Waals surface area contributed by atoms with Crippen LogP contribution in [0.1, 0.15) is 26.5 Å². The molecule has 0 saturated carbocycles. The molecule has 0 aromatic carbocycles. The lowest BCUT2D eigenvalue weighted by Gasteiger charge is -2.18. The summed E-state index contributed by atoms with van der Waals surface area (Å²) in [4.78, 5) is 0.131. The van der Waals surface area contributed by atoms with Gasteiger partial charge in [-0.2, -0.15) is 10.2 Å². The van der Waals surface area contributed by atoms with Gasteiger partial charge in [-0.15, -0.1) is 0 Å². The smallest absolute Gasteiger partial charge is 0.266 e. The van der Waals surface area contributed by atoms with Crippen molar-refractivity contribution in [1.82, 2.24) is 19.6 Å². The van der Waals surface area contributed by atoms with Crippen molar-refractivity contribution >= 4 is 15.8 Å². The van der Waals surface area contributed by atoms with E-state index in [9.17, 15) is 8.42 Å². The molecule has 8 heteroatoms. The quantitative estimate of drug-likeness (QED) is 0.930. The molecule has 0 aliphatic carbocycles. The predicted molar refractivity (Wildman–Crippen MR) is 76.0 cm³/mol. The first-order valence-electron chi connectivity index (χ1n) is 6.18. The van der Waals surface area contributed by atoms with Crippen molar-refractivity contribution in [2.45, 2.75) is 38.1 Å². The lowest BCUT2D eigenvalue weighted by molar-refractivity contribution is 0.355. The molecule has 0 unspecified atom stereocenters. The van der Waals surface area contributed by atoms with Crippen molar-refractivity contribution in [3.8, 4) is 0 Å². The largest absolute Gasteiger partial charge is 0.266 e. The Bertz CT molecular complexity index is 721. The topological polar surface area (TPSA) is 81.8 Å². The molecule has 2 aromatic rings. The minimum Gasteiger partial charge on any atom is -0.266 e. The minimum absolute atomic E-state index is 0.131. The number of nitrogens with one attached hydrogen (secondary N) is 1. The van der Waals surface area contributed by atoms with Crippen molar-refractivity contribution in [3.05, 3.63) is 24.2 Å². The van der Waals surface area contributed by atoms with E-state index in [0.29, 0.717) is 5.82 Å². The summed E-state index contributed by atoms with van der Waals surface area (Å²) in [6.07, 6.45) is 2.86. The van der Waals surface area contributed by atoms with Crippen LogP contribution < -0.4 is 4.72 Å². The first kappa shape index (κ1) is 14.6. The van der Waals surface area contributed by atoms with Crippen LogP contribution in [-0.2, 0) is 22.6 Å². The summed E-state index contributed by atoms with van der Waals surface area (Å²) in [6, 6.07) is 1.67. The van der Waals surface area contributed by atoms with Gasteiger partial charge in [-0.05, 0) is 27.7 Å². The summed E-state index contributed by atoms with van der Waals surface area (Å²) in [6.45, 7) is 7.66. The zero-order valence-corrected chi connectivity index (χ0v) is 13.1. The maximum absolute atomic E-state index is 12.3. The van der Waals surface area contributed by atoms with E-state index in [0.717, 1.165) is 5.69 Å². The fraction of sp³-hybridized carbons (Fsp3) is 0.500. The zero-order chi connectivity index (χ0) is 15.1. The molecule has 0 spiro atoms. The molecule has 0 radical (unpaired) electrons. The highest BCUT2D eigenvalue weighted by atomic mass is 32.2. The first-order chi connectivity index (χ1) is 9.09. The number of aromatic nitrogens is 4. The van der Waals surface area contributed by atoms with Crippen molar-refractivity contribution in [3.63, 3.8) is 0 Å². The summed E-state index contributed by atoms with van der Waals surface area (Å²) >= 11 is 0. The van der Waals surface area contributed by atoms with Crippen LogP contribution in [0.3, 0.4) is 0 Å². The van der Waals surface area contributed by atoms with Gasteiger partial charge in [0.05, 0.1) is 17.4 Å². The van der Waals surface area contributed by atoms with Gasteiger partial charge in [0.2, 0.25) is 0 Å². The van der Waals surface area contributed by atoms with Gasteiger partial charge in [0, 0.05) is 19.3 Å². The number of sulfonamides is 1. The lowest BCUT2D eigenvalue weighted by Crippen LogP contribution is -2.22. The van der Waals surface area contributed by atoms with E-state index in [1.807, 2.05) is 20.8 Å². The summed E-state index contributed by atoms with van der Waals surface area (Å²) < 4.78 is 30.2.